The molecule has 2 N–H and O–H groups in total. The molecular weight excluding hydrogens is 268 g/mol. The molecule has 1 aromatic rings. The number of amides is 1. The first-order chi connectivity index (χ1) is 9.51. The molecular formula is C13H15F2N3O2. The number of aryl methyl sites for hydroxylation is 1. The van der Waals surface area contributed by atoms with Crippen molar-refractivity contribution >= 4 is 11.9 Å². The summed E-state index contributed by atoms with van der Waals surface area (Å²) in [6.07, 6.45) is 0.299. The maximum Gasteiger partial charge on any atom is 0.425 e. The highest BCUT2D eigenvalue weighted by Gasteiger charge is 2.25. The highest BCUT2D eigenvalue weighted by atomic mass is 19.1. The molecule has 1 heterocycles. The smallest absolute Gasteiger partial charge is 0.425 e. The summed E-state index contributed by atoms with van der Waals surface area (Å²) in [5.74, 6) is -0.739. The number of hydrogen-bond donors (Lipinski definition) is 2. The molecule has 7 heteroatoms. The lowest BCUT2D eigenvalue weighted by Gasteiger charge is -2.10. The predicted octanol–water partition coefficient (Wildman–Crippen LogP) is 2.37. The Balaban J connectivity index is 2.12. The van der Waals surface area contributed by atoms with Gasteiger partial charge in [0.05, 0.1) is 13.2 Å². The molecule has 5 nitrogen and oxygen atoms in total. The van der Waals surface area contributed by atoms with Crippen LogP contribution in [0.1, 0.15) is 30.0 Å². The molecule has 2 rings (SSSR count). The number of aliphatic imine (C=N–C) groups is 1. The zero-order valence-corrected chi connectivity index (χ0v) is 11.2. The van der Waals surface area contributed by atoms with Gasteiger partial charge in [-0.25, -0.2) is 19.0 Å². The highest BCUT2D eigenvalue weighted by molar-refractivity contribution is 5.85. The van der Waals surface area contributed by atoms with E-state index in [9.17, 15) is 13.6 Å². The van der Waals surface area contributed by atoms with E-state index in [1.165, 1.54) is 19.2 Å². The standard InChI is InChI=1S/C13H15F2N3O2/c1-7-5-8(14)12(9(15)6-7)10-3-4-11(16-10)17-18-13(19)20-2/h5-6,10H,3-4H2,1-2H3,(H,16,17)(H,18,19). The summed E-state index contributed by atoms with van der Waals surface area (Å²) in [5.41, 5.74) is 5.31. The third kappa shape index (κ3) is 3.04. The second-order valence-corrected chi connectivity index (χ2v) is 4.51. The summed E-state index contributed by atoms with van der Waals surface area (Å²) in [7, 11) is 1.23. The van der Waals surface area contributed by atoms with E-state index in [4.69, 9.17) is 0 Å². The van der Waals surface area contributed by atoms with E-state index in [0.717, 1.165) is 0 Å². The summed E-state index contributed by atoms with van der Waals surface area (Å²) < 4.78 is 32.1. The first-order valence-electron chi connectivity index (χ1n) is 6.13. The molecule has 0 spiro atoms. The van der Waals surface area contributed by atoms with Gasteiger partial charge < -0.3 is 4.74 Å². The van der Waals surface area contributed by atoms with Crippen molar-refractivity contribution in [2.75, 3.05) is 7.11 Å². The fourth-order valence-electron chi connectivity index (χ4n) is 2.10. The largest absolute Gasteiger partial charge is 0.452 e. The molecule has 0 bridgehead atoms. The van der Waals surface area contributed by atoms with Crippen molar-refractivity contribution in [1.29, 1.82) is 0 Å². The van der Waals surface area contributed by atoms with Crippen LogP contribution in [0, 0.1) is 18.6 Å². The van der Waals surface area contributed by atoms with Crippen LogP contribution in [0.5, 0.6) is 0 Å². The number of ether oxygens (including phenoxy) is 1. The Hall–Kier alpha value is -2.18. The summed E-state index contributed by atoms with van der Waals surface area (Å²) in [6.45, 7) is 1.63. The van der Waals surface area contributed by atoms with Gasteiger partial charge in [0, 0.05) is 12.0 Å². The Bertz CT molecular complexity index is 538. The molecule has 1 amide bonds. The van der Waals surface area contributed by atoms with Crippen LogP contribution >= 0.6 is 0 Å². The summed E-state index contributed by atoms with van der Waals surface area (Å²) >= 11 is 0. The molecule has 0 radical (unpaired) electrons. The van der Waals surface area contributed by atoms with Crippen LogP contribution in [0.3, 0.4) is 0 Å². The van der Waals surface area contributed by atoms with Gasteiger partial charge in [-0.05, 0) is 31.0 Å². The van der Waals surface area contributed by atoms with Crippen LogP contribution in [0.25, 0.3) is 0 Å². The Morgan fingerprint density at radius 3 is 2.65 bits per heavy atom. The Labute approximate surface area is 115 Å². The summed E-state index contributed by atoms with van der Waals surface area (Å²) in [4.78, 5) is 15.1. The number of methoxy groups -OCH3 is 1. The molecule has 1 atom stereocenters. The molecule has 1 unspecified atom stereocenters. The van der Waals surface area contributed by atoms with E-state index in [0.29, 0.717) is 24.2 Å². The lowest BCUT2D eigenvalue weighted by atomic mass is 10.0. The van der Waals surface area contributed by atoms with Gasteiger partial charge in [0.15, 0.2) is 0 Å². The molecule has 0 fully saturated rings. The highest BCUT2D eigenvalue weighted by Crippen LogP contribution is 2.32. The fraction of sp³-hybridized carbons (Fsp3) is 0.385. The molecule has 0 aromatic heterocycles. The number of hydrogen-bond acceptors (Lipinski definition) is 4. The van der Waals surface area contributed by atoms with E-state index in [2.05, 4.69) is 20.6 Å². The van der Waals surface area contributed by atoms with E-state index >= 15 is 0 Å². The van der Waals surface area contributed by atoms with Gasteiger partial charge >= 0.3 is 6.09 Å². The number of carbonyl (C=O) groups excluding carboxylic acids is 1. The van der Waals surface area contributed by atoms with Crippen molar-refractivity contribution in [3.05, 3.63) is 34.9 Å². The third-order valence-corrected chi connectivity index (χ3v) is 3.02. The lowest BCUT2D eigenvalue weighted by Crippen LogP contribution is -2.40. The number of benzene rings is 1. The number of carbonyl (C=O) groups is 1. The van der Waals surface area contributed by atoms with Gasteiger partial charge in [0.2, 0.25) is 0 Å². The predicted molar refractivity (Wildman–Crippen MR) is 69.2 cm³/mol. The first kappa shape index (κ1) is 14.2. The normalized spacial score (nSPS) is 17.6. The van der Waals surface area contributed by atoms with E-state index in [1.807, 2.05) is 0 Å². The molecule has 1 aliphatic rings. The number of rotatable bonds is 1. The average molecular weight is 283 g/mol. The zero-order valence-electron chi connectivity index (χ0n) is 11.2. The Morgan fingerprint density at radius 1 is 1.40 bits per heavy atom. The van der Waals surface area contributed by atoms with Crippen molar-refractivity contribution < 1.29 is 18.3 Å². The molecule has 1 aromatic carbocycles. The number of amidine groups is 1. The molecule has 1 aliphatic heterocycles. The monoisotopic (exact) mass is 283 g/mol. The Morgan fingerprint density at radius 2 is 2.05 bits per heavy atom. The molecule has 0 saturated carbocycles. The quantitative estimate of drug-likeness (QED) is 0.778. The maximum absolute atomic E-state index is 13.8. The van der Waals surface area contributed by atoms with Crippen molar-refractivity contribution in [3.8, 4) is 0 Å². The maximum atomic E-state index is 13.8. The minimum atomic E-state index is -0.663. The molecule has 0 saturated heterocycles. The van der Waals surface area contributed by atoms with Gasteiger partial charge in [-0.1, -0.05) is 0 Å². The number of hydrazine groups is 1. The third-order valence-electron chi connectivity index (χ3n) is 3.02. The average Bonchev–Trinajstić information content (AvgIpc) is 2.83. The van der Waals surface area contributed by atoms with Gasteiger partial charge in [-0.15, -0.1) is 0 Å². The van der Waals surface area contributed by atoms with Crippen LogP contribution in [-0.4, -0.2) is 19.0 Å². The number of halogens is 2. The van der Waals surface area contributed by atoms with Crippen LogP contribution in [0.2, 0.25) is 0 Å². The van der Waals surface area contributed by atoms with E-state index in [1.54, 1.807) is 6.92 Å². The van der Waals surface area contributed by atoms with Gasteiger partial charge in [-0.3, -0.25) is 10.4 Å². The fourth-order valence-corrected chi connectivity index (χ4v) is 2.10. The summed E-state index contributed by atoms with van der Waals surface area (Å²) in [6, 6.07) is 1.98. The van der Waals surface area contributed by atoms with Crippen molar-refractivity contribution in [1.82, 2.24) is 10.9 Å². The number of nitrogens with one attached hydrogen (secondary N) is 2. The van der Waals surface area contributed by atoms with Crippen LogP contribution in [-0.2, 0) is 4.74 Å². The SMILES string of the molecule is COC(=O)NNC1=NC(c2c(F)cc(C)cc2F)CC1. The van der Waals surface area contributed by atoms with Gasteiger partial charge in [-0.2, -0.15) is 0 Å². The molecule has 0 aliphatic carbocycles. The second kappa shape index (κ2) is 5.85. The van der Waals surface area contributed by atoms with Crippen molar-refractivity contribution in [3.63, 3.8) is 0 Å². The van der Waals surface area contributed by atoms with Crippen LogP contribution in [0.15, 0.2) is 17.1 Å². The van der Waals surface area contributed by atoms with E-state index in [-0.39, 0.29) is 5.56 Å². The number of nitrogens with zero attached hydrogens (tertiary/aromatic N) is 1. The van der Waals surface area contributed by atoms with Gasteiger partial charge in [0.25, 0.3) is 0 Å². The first-order valence-corrected chi connectivity index (χ1v) is 6.13. The van der Waals surface area contributed by atoms with E-state index < -0.39 is 23.8 Å². The summed E-state index contributed by atoms with van der Waals surface area (Å²) in [5, 5.41) is 0. The van der Waals surface area contributed by atoms with Crippen LogP contribution in [0.4, 0.5) is 13.6 Å². The lowest BCUT2D eigenvalue weighted by molar-refractivity contribution is 0.168. The van der Waals surface area contributed by atoms with Gasteiger partial charge in [0.1, 0.15) is 17.5 Å². The van der Waals surface area contributed by atoms with Crippen molar-refractivity contribution in [2.45, 2.75) is 25.8 Å². The Kier molecular flexibility index (Phi) is 4.16. The topological polar surface area (TPSA) is 62.7 Å². The van der Waals surface area contributed by atoms with Crippen LogP contribution < -0.4 is 10.9 Å². The van der Waals surface area contributed by atoms with Crippen molar-refractivity contribution in [2.24, 2.45) is 4.99 Å². The minimum Gasteiger partial charge on any atom is -0.452 e. The molecule has 108 valence electrons. The second-order valence-electron chi connectivity index (χ2n) is 4.51. The minimum absolute atomic E-state index is 0.0366. The zero-order chi connectivity index (χ0) is 14.7. The molecule has 20 heavy (non-hydrogen) atoms.